The first-order chi connectivity index (χ1) is 6.48. The molecule has 0 unspecified atom stereocenters. The number of nitrogens with zero attached hydrogens (tertiary/aromatic N) is 3. The highest BCUT2D eigenvalue weighted by atomic mass is 79.9. The molecule has 0 saturated carbocycles. The molecule has 0 spiro atoms. The van der Waals surface area contributed by atoms with Crippen LogP contribution in [-0.2, 0) is 6.18 Å². The third-order valence-electron chi connectivity index (χ3n) is 1.66. The van der Waals surface area contributed by atoms with Crippen molar-refractivity contribution in [3.05, 3.63) is 28.6 Å². The molecule has 0 atom stereocenters. The summed E-state index contributed by atoms with van der Waals surface area (Å²) in [6.07, 6.45) is -3.17. The van der Waals surface area contributed by atoms with Crippen LogP contribution in [0.3, 0.4) is 0 Å². The highest BCUT2D eigenvalue weighted by molar-refractivity contribution is 9.10. The normalized spacial score (nSPS) is 12.3. The summed E-state index contributed by atoms with van der Waals surface area (Å²) in [5.41, 5.74) is -0.587. The fourth-order valence-electron chi connectivity index (χ4n) is 1.05. The first-order valence-electron chi connectivity index (χ1n) is 3.55. The van der Waals surface area contributed by atoms with Gasteiger partial charge in [0, 0.05) is 0 Å². The van der Waals surface area contributed by atoms with Crippen LogP contribution < -0.4 is 0 Å². The van der Waals surface area contributed by atoms with E-state index in [1.807, 2.05) is 0 Å². The molecule has 0 N–H and O–H groups in total. The summed E-state index contributed by atoms with van der Waals surface area (Å²) in [5.74, 6) is 0. The van der Waals surface area contributed by atoms with E-state index in [9.17, 15) is 13.2 Å². The van der Waals surface area contributed by atoms with Crippen molar-refractivity contribution >= 4 is 21.6 Å². The molecule has 2 aromatic rings. The summed E-state index contributed by atoms with van der Waals surface area (Å²) in [4.78, 5) is 3.68. The van der Waals surface area contributed by atoms with Crippen LogP contribution in [0.25, 0.3) is 5.65 Å². The van der Waals surface area contributed by atoms with Gasteiger partial charge in [-0.2, -0.15) is 18.3 Å². The Labute approximate surface area is 84.7 Å². The van der Waals surface area contributed by atoms with Crippen molar-refractivity contribution in [2.24, 2.45) is 0 Å². The lowest BCUT2D eigenvalue weighted by Crippen LogP contribution is -2.06. The van der Waals surface area contributed by atoms with Crippen LogP contribution in [0.4, 0.5) is 13.2 Å². The summed E-state index contributed by atoms with van der Waals surface area (Å²) >= 11 is 2.98. The van der Waals surface area contributed by atoms with Crippen LogP contribution in [0, 0.1) is 0 Å². The monoisotopic (exact) mass is 265 g/mol. The zero-order valence-electron chi connectivity index (χ0n) is 6.59. The fraction of sp³-hybridized carbons (Fsp3) is 0.143. The maximum Gasteiger partial charge on any atom is 0.416 e. The molecule has 14 heavy (non-hydrogen) atoms. The van der Waals surface area contributed by atoms with Crippen LogP contribution in [0.5, 0.6) is 0 Å². The van der Waals surface area contributed by atoms with Crippen molar-refractivity contribution in [2.75, 3.05) is 0 Å². The molecule has 0 saturated heterocycles. The van der Waals surface area contributed by atoms with Crippen molar-refractivity contribution in [1.82, 2.24) is 14.6 Å². The lowest BCUT2D eigenvalue weighted by atomic mass is 10.2. The number of hydrogen-bond donors (Lipinski definition) is 0. The fourth-order valence-corrected chi connectivity index (χ4v) is 1.57. The Morgan fingerprint density at radius 3 is 2.64 bits per heavy atom. The molecule has 0 aliphatic rings. The standard InChI is InChI=1S/C7H3BrF3N3/c8-5-1-4(7(9,10)11)2-6-12-3-13-14(5)6/h1-3H. The molecule has 7 heteroatoms. The van der Waals surface area contributed by atoms with Crippen LogP contribution in [0.15, 0.2) is 23.1 Å². The second-order valence-electron chi connectivity index (χ2n) is 2.59. The molecule has 0 bridgehead atoms. The third-order valence-corrected chi connectivity index (χ3v) is 2.23. The van der Waals surface area contributed by atoms with Gasteiger partial charge in [-0.1, -0.05) is 0 Å². The number of fused-ring (bicyclic) bond motifs is 1. The topological polar surface area (TPSA) is 30.2 Å². The SMILES string of the molecule is FC(F)(F)c1cc(Br)n2ncnc2c1. The van der Waals surface area contributed by atoms with E-state index in [4.69, 9.17) is 0 Å². The Bertz CT molecular complexity index is 476. The summed E-state index contributed by atoms with van der Waals surface area (Å²) < 4.78 is 38.5. The van der Waals surface area contributed by atoms with Crippen molar-refractivity contribution in [3.63, 3.8) is 0 Å². The minimum atomic E-state index is -4.36. The first kappa shape index (κ1) is 9.45. The predicted octanol–water partition coefficient (Wildman–Crippen LogP) is 2.51. The van der Waals surface area contributed by atoms with Gasteiger partial charge in [0.05, 0.1) is 5.56 Å². The van der Waals surface area contributed by atoms with Gasteiger partial charge in [-0.3, -0.25) is 0 Å². The van der Waals surface area contributed by atoms with Gasteiger partial charge in [-0.15, -0.1) is 0 Å². The molecular weight excluding hydrogens is 263 g/mol. The Hall–Kier alpha value is -1.11. The molecule has 0 amide bonds. The van der Waals surface area contributed by atoms with E-state index in [1.165, 1.54) is 10.8 Å². The Morgan fingerprint density at radius 1 is 1.29 bits per heavy atom. The zero-order valence-corrected chi connectivity index (χ0v) is 8.17. The second kappa shape index (κ2) is 2.94. The number of aromatic nitrogens is 3. The van der Waals surface area contributed by atoms with E-state index >= 15 is 0 Å². The number of hydrogen-bond acceptors (Lipinski definition) is 2. The van der Waals surface area contributed by atoms with Crippen LogP contribution in [0.2, 0.25) is 0 Å². The first-order valence-corrected chi connectivity index (χ1v) is 4.34. The molecule has 0 aliphatic heterocycles. The van der Waals surface area contributed by atoms with Crippen molar-refractivity contribution in [1.29, 1.82) is 0 Å². The molecule has 0 radical (unpaired) electrons. The summed E-state index contributed by atoms with van der Waals surface area (Å²) in [6.45, 7) is 0. The minimum absolute atomic E-state index is 0.159. The summed E-state index contributed by atoms with van der Waals surface area (Å²) in [6, 6.07) is 1.90. The summed E-state index contributed by atoms with van der Waals surface area (Å²) in [7, 11) is 0. The van der Waals surface area contributed by atoms with Gasteiger partial charge >= 0.3 is 6.18 Å². The Morgan fingerprint density at radius 2 is 2.00 bits per heavy atom. The number of halogens is 4. The van der Waals surface area contributed by atoms with E-state index < -0.39 is 11.7 Å². The van der Waals surface area contributed by atoms with E-state index in [0.29, 0.717) is 0 Å². The molecule has 2 aromatic heterocycles. The van der Waals surface area contributed by atoms with Crippen molar-refractivity contribution in [3.8, 4) is 0 Å². The van der Waals surface area contributed by atoms with E-state index in [2.05, 4.69) is 26.0 Å². The van der Waals surface area contributed by atoms with Gasteiger partial charge in [0.1, 0.15) is 10.9 Å². The third kappa shape index (κ3) is 1.47. The Kier molecular flexibility index (Phi) is 1.99. The van der Waals surface area contributed by atoms with Gasteiger partial charge < -0.3 is 0 Å². The molecule has 0 aromatic carbocycles. The molecular formula is C7H3BrF3N3. The van der Waals surface area contributed by atoms with E-state index in [0.717, 1.165) is 12.1 Å². The van der Waals surface area contributed by atoms with E-state index in [1.54, 1.807) is 0 Å². The van der Waals surface area contributed by atoms with Gasteiger partial charge in [-0.25, -0.2) is 9.50 Å². The van der Waals surface area contributed by atoms with E-state index in [-0.39, 0.29) is 10.3 Å². The van der Waals surface area contributed by atoms with Gasteiger partial charge in [0.15, 0.2) is 5.65 Å². The predicted molar refractivity (Wildman–Crippen MR) is 45.7 cm³/mol. The number of pyridine rings is 1. The largest absolute Gasteiger partial charge is 0.416 e. The molecule has 0 aliphatic carbocycles. The van der Waals surface area contributed by atoms with Gasteiger partial charge in [0.2, 0.25) is 0 Å². The maximum atomic E-state index is 12.3. The van der Waals surface area contributed by atoms with Crippen LogP contribution >= 0.6 is 15.9 Å². The van der Waals surface area contributed by atoms with Crippen molar-refractivity contribution < 1.29 is 13.2 Å². The quantitative estimate of drug-likeness (QED) is 0.686. The maximum absolute atomic E-state index is 12.3. The molecule has 74 valence electrons. The average Bonchev–Trinajstić information content (AvgIpc) is 2.50. The second-order valence-corrected chi connectivity index (χ2v) is 3.41. The highest BCUT2D eigenvalue weighted by Crippen LogP contribution is 2.31. The lowest BCUT2D eigenvalue weighted by molar-refractivity contribution is -0.137. The van der Waals surface area contributed by atoms with Crippen LogP contribution in [0.1, 0.15) is 5.56 Å². The lowest BCUT2D eigenvalue weighted by Gasteiger charge is -2.07. The van der Waals surface area contributed by atoms with Crippen molar-refractivity contribution in [2.45, 2.75) is 6.18 Å². The molecule has 2 heterocycles. The highest BCUT2D eigenvalue weighted by Gasteiger charge is 2.31. The van der Waals surface area contributed by atoms with Crippen LogP contribution in [-0.4, -0.2) is 14.6 Å². The average molecular weight is 266 g/mol. The Balaban J connectivity index is 2.70. The number of rotatable bonds is 0. The summed E-state index contributed by atoms with van der Waals surface area (Å²) in [5, 5.41) is 3.73. The van der Waals surface area contributed by atoms with Gasteiger partial charge in [0.25, 0.3) is 0 Å². The molecule has 0 fully saturated rings. The zero-order chi connectivity index (χ0) is 10.3. The minimum Gasteiger partial charge on any atom is -0.215 e. The smallest absolute Gasteiger partial charge is 0.215 e. The molecule has 3 nitrogen and oxygen atoms in total. The van der Waals surface area contributed by atoms with Gasteiger partial charge in [-0.05, 0) is 28.1 Å². The molecule has 2 rings (SSSR count). The number of alkyl halides is 3.